The Kier molecular flexibility index (Phi) is 5.55. The third-order valence-corrected chi connectivity index (χ3v) is 4.55. The average Bonchev–Trinajstić information content (AvgIpc) is 3.18. The molecule has 0 saturated heterocycles. The molecule has 0 aliphatic rings. The quantitative estimate of drug-likeness (QED) is 0.470. The van der Waals surface area contributed by atoms with Crippen LogP contribution in [0.25, 0.3) is 11.6 Å². The lowest BCUT2D eigenvalue weighted by Gasteiger charge is -2.03. The molecule has 0 unspecified atom stereocenters. The number of aryl methyl sites for hydroxylation is 1. The zero-order valence-electron chi connectivity index (χ0n) is 15.1. The van der Waals surface area contributed by atoms with E-state index in [0.29, 0.717) is 35.0 Å². The van der Waals surface area contributed by atoms with Crippen LogP contribution in [0.5, 0.6) is 0 Å². The van der Waals surface area contributed by atoms with Crippen molar-refractivity contribution in [2.75, 3.05) is 6.61 Å². The van der Waals surface area contributed by atoms with Crippen LogP contribution in [0.2, 0.25) is 0 Å². The Morgan fingerprint density at radius 3 is 2.74 bits per heavy atom. The lowest BCUT2D eigenvalue weighted by atomic mass is 10.00. The van der Waals surface area contributed by atoms with Crippen molar-refractivity contribution in [1.29, 1.82) is 0 Å². The average molecular weight is 432 g/mol. The number of aromatic nitrogens is 3. The highest BCUT2D eigenvalue weighted by atomic mass is 79.9. The zero-order valence-corrected chi connectivity index (χ0v) is 16.7. The van der Waals surface area contributed by atoms with E-state index < -0.39 is 0 Å². The van der Waals surface area contributed by atoms with Crippen LogP contribution in [0.3, 0.4) is 0 Å². The van der Waals surface area contributed by atoms with Gasteiger partial charge in [0, 0.05) is 28.2 Å². The number of rotatable bonds is 6. The van der Waals surface area contributed by atoms with Crippen LogP contribution in [-0.4, -0.2) is 33.5 Å². The minimum atomic E-state index is -0.360. The van der Waals surface area contributed by atoms with Crippen LogP contribution < -0.4 is 0 Å². The van der Waals surface area contributed by atoms with E-state index >= 15 is 0 Å². The molecule has 0 atom stereocenters. The maximum atomic E-state index is 12.9. The van der Waals surface area contributed by atoms with E-state index in [1.807, 2.05) is 26.0 Å². The number of H-pyrrole nitrogens is 1. The molecular weight excluding hydrogens is 414 g/mol. The van der Waals surface area contributed by atoms with E-state index in [0.717, 1.165) is 15.7 Å². The van der Waals surface area contributed by atoms with Crippen LogP contribution in [-0.2, 0) is 16.0 Å². The number of carbonyl (C=O) groups excluding carboxylic acids is 2. The number of ether oxygens (including phenoxy) is 1. The Morgan fingerprint density at radius 2 is 2.04 bits per heavy atom. The molecule has 2 aromatic heterocycles. The molecule has 1 aromatic carbocycles. The predicted octanol–water partition coefficient (Wildman–Crippen LogP) is 3.78. The second kappa shape index (κ2) is 7.87. The maximum Gasteiger partial charge on any atom is 0.302 e. The Balaban J connectivity index is 1.87. The normalized spacial score (nSPS) is 10.8. The van der Waals surface area contributed by atoms with Gasteiger partial charge in [0.05, 0.1) is 6.42 Å². The number of ketones is 1. The predicted molar refractivity (Wildman–Crippen MR) is 101 cm³/mol. The number of hydrogen-bond donors (Lipinski definition) is 1. The summed E-state index contributed by atoms with van der Waals surface area (Å²) in [6.07, 6.45) is 0.329. The summed E-state index contributed by atoms with van der Waals surface area (Å²) in [5.74, 6) is 0.212. The van der Waals surface area contributed by atoms with Crippen molar-refractivity contribution in [2.24, 2.45) is 0 Å². The molecule has 27 heavy (non-hydrogen) atoms. The van der Waals surface area contributed by atoms with Crippen molar-refractivity contribution < 1.29 is 18.7 Å². The molecule has 0 aliphatic heterocycles. The first-order valence-corrected chi connectivity index (χ1v) is 9.11. The molecule has 8 heteroatoms. The molecule has 1 N–H and O–H groups in total. The summed E-state index contributed by atoms with van der Waals surface area (Å²) in [5, 5.41) is 8.00. The molecule has 3 rings (SSSR count). The second-order valence-electron chi connectivity index (χ2n) is 6.06. The second-order valence-corrected chi connectivity index (χ2v) is 6.97. The Bertz CT molecular complexity index is 1010. The topological polar surface area (TPSA) is 98.1 Å². The SMILES string of the molecule is CC(=O)OCCc1nnc(-c2[nH]c(C)c(C(=O)c3cccc(Br)c3)c2C)o1. The standard InChI is InChI=1S/C19H18BrN3O4/c1-10-16(18(25)13-5-4-6-14(20)9-13)11(2)21-17(10)19-23-22-15(27-19)7-8-26-12(3)24/h4-6,9,21H,7-8H2,1-3H3. The highest BCUT2D eigenvalue weighted by Gasteiger charge is 2.23. The van der Waals surface area contributed by atoms with E-state index in [-0.39, 0.29) is 18.4 Å². The van der Waals surface area contributed by atoms with Gasteiger partial charge < -0.3 is 14.1 Å². The first-order chi connectivity index (χ1) is 12.9. The van der Waals surface area contributed by atoms with Crippen molar-refractivity contribution >= 4 is 27.7 Å². The number of aromatic amines is 1. The minimum absolute atomic E-state index is 0.0802. The van der Waals surface area contributed by atoms with Crippen LogP contribution in [0.4, 0.5) is 0 Å². The summed E-state index contributed by atoms with van der Waals surface area (Å²) in [7, 11) is 0. The number of nitrogens with zero attached hydrogens (tertiary/aromatic N) is 2. The van der Waals surface area contributed by atoms with Gasteiger partial charge in [-0.15, -0.1) is 10.2 Å². The van der Waals surface area contributed by atoms with Gasteiger partial charge in [-0.05, 0) is 31.5 Å². The zero-order chi connectivity index (χ0) is 19.6. The minimum Gasteiger partial charge on any atom is -0.465 e. The number of nitrogens with one attached hydrogen (secondary N) is 1. The highest BCUT2D eigenvalue weighted by molar-refractivity contribution is 9.10. The first-order valence-electron chi connectivity index (χ1n) is 8.32. The Labute approximate surface area is 164 Å². The van der Waals surface area contributed by atoms with Gasteiger partial charge in [-0.25, -0.2) is 0 Å². The van der Waals surface area contributed by atoms with Crippen molar-refractivity contribution in [2.45, 2.75) is 27.2 Å². The van der Waals surface area contributed by atoms with E-state index in [2.05, 4.69) is 31.1 Å². The van der Waals surface area contributed by atoms with Crippen molar-refractivity contribution in [3.05, 3.63) is 57.0 Å². The number of esters is 1. The van der Waals surface area contributed by atoms with Gasteiger partial charge in [0.2, 0.25) is 5.89 Å². The lowest BCUT2D eigenvalue weighted by Crippen LogP contribution is -2.03. The molecule has 0 fully saturated rings. The highest BCUT2D eigenvalue weighted by Crippen LogP contribution is 2.29. The lowest BCUT2D eigenvalue weighted by molar-refractivity contribution is -0.140. The Morgan fingerprint density at radius 1 is 1.26 bits per heavy atom. The van der Waals surface area contributed by atoms with Gasteiger partial charge in [0.1, 0.15) is 12.3 Å². The van der Waals surface area contributed by atoms with Crippen LogP contribution in [0.15, 0.2) is 33.2 Å². The fourth-order valence-electron chi connectivity index (χ4n) is 2.82. The smallest absolute Gasteiger partial charge is 0.302 e. The molecular formula is C19H18BrN3O4. The molecule has 140 valence electrons. The summed E-state index contributed by atoms with van der Waals surface area (Å²) in [4.78, 5) is 26.9. The van der Waals surface area contributed by atoms with Crippen molar-refractivity contribution in [3.63, 3.8) is 0 Å². The van der Waals surface area contributed by atoms with Crippen LogP contribution >= 0.6 is 15.9 Å². The van der Waals surface area contributed by atoms with Crippen molar-refractivity contribution in [1.82, 2.24) is 15.2 Å². The summed E-state index contributed by atoms with van der Waals surface area (Å²) in [5.41, 5.74) is 3.26. The molecule has 0 radical (unpaired) electrons. The van der Waals surface area contributed by atoms with E-state index in [1.54, 1.807) is 12.1 Å². The fourth-order valence-corrected chi connectivity index (χ4v) is 3.22. The summed E-state index contributed by atoms with van der Waals surface area (Å²) in [6.45, 7) is 5.19. The number of carbonyl (C=O) groups is 2. The van der Waals surface area contributed by atoms with Gasteiger partial charge in [0.25, 0.3) is 5.89 Å². The first kappa shape index (κ1) is 19.0. The number of hydrogen-bond acceptors (Lipinski definition) is 6. The van der Waals surface area contributed by atoms with Gasteiger partial charge in [-0.3, -0.25) is 9.59 Å². The third kappa shape index (κ3) is 4.16. The third-order valence-electron chi connectivity index (χ3n) is 4.05. The summed E-state index contributed by atoms with van der Waals surface area (Å²) in [6, 6.07) is 7.25. The molecule has 2 heterocycles. The molecule has 0 bridgehead atoms. The molecule has 0 saturated carbocycles. The molecule has 0 spiro atoms. The van der Waals surface area contributed by atoms with Crippen molar-refractivity contribution in [3.8, 4) is 11.6 Å². The van der Waals surface area contributed by atoms with Gasteiger partial charge in [-0.2, -0.15) is 0 Å². The molecule has 0 amide bonds. The molecule has 3 aromatic rings. The van der Waals surface area contributed by atoms with Crippen LogP contribution in [0.1, 0.15) is 40.0 Å². The summed E-state index contributed by atoms with van der Waals surface area (Å²) < 4.78 is 11.4. The van der Waals surface area contributed by atoms with Gasteiger partial charge >= 0.3 is 5.97 Å². The number of halogens is 1. The van der Waals surface area contributed by atoms with E-state index in [4.69, 9.17) is 9.15 Å². The Hall–Kier alpha value is -2.74. The summed E-state index contributed by atoms with van der Waals surface area (Å²) >= 11 is 3.39. The van der Waals surface area contributed by atoms with Crippen LogP contribution in [0, 0.1) is 13.8 Å². The number of benzene rings is 1. The monoisotopic (exact) mass is 431 g/mol. The maximum absolute atomic E-state index is 12.9. The molecule has 7 nitrogen and oxygen atoms in total. The van der Waals surface area contributed by atoms with Gasteiger partial charge in [-0.1, -0.05) is 28.1 Å². The largest absolute Gasteiger partial charge is 0.465 e. The van der Waals surface area contributed by atoms with Gasteiger partial charge in [0.15, 0.2) is 5.78 Å². The fraction of sp³-hybridized carbons (Fsp3) is 0.263. The molecule has 0 aliphatic carbocycles. The van der Waals surface area contributed by atoms with E-state index in [9.17, 15) is 9.59 Å². The van der Waals surface area contributed by atoms with E-state index in [1.165, 1.54) is 6.92 Å².